The highest BCUT2D eigenvalue weighted by atomic mass is 32.1. The van der Waals surface area contributed by atoms with Crippen LogP contribution in [0, 0.1) is 12.3 Å². The minimum atomic E-state index is -0.483. The van der Waals surface area contributed by atoms with Crippen LogP contribution in [-0.2, 0) is 4.79 Å². The molecule has 0 spiro atoms. The molecule has 2 amide bonds. The Morgan fingerprint density at radius 1 is 1.32 bits per heavy atom. The van der Waals surface area contributed by atoms with Gasteiger partial charge in [0.1, 0.15) is 5.82 Å². The van der Waals surface area contributed by atoms with E-state index in [0.29, 0.717) is 15.7 Å². The zero-order valence-electron chi connectivity index (χ0n) is 15.6. The number of aromatic nitrogens is 2. The lowest BCUT2D eigenvalue weighted by atomic mass is 9.96. The van der Waals surface area contributed by atoms with Crippen LogP contribution in [0.4, 0.5) is 10.8 Å². The highest BCUT2D eigenvalue weighted by molar-refractivity contribution is 7.18. The van der Waals surface area contributed by atoms with Crippen LogP contribution >= 0.6 is 11.3 Å². The molecular weight excluding hydrogens is 336 g/mol. The summed E-state index contributed by atoms with van der Waals surface area (Å²) in [6.07, 6.45) is 2.60. The molecule has 1 atom stereocenters. The van der Waals surface area contributed by atoms with Crippen LogP contribution in [0.2, 0.25) is 0 Å². The van der Waals surface area contributed by atoms with E-state index in [1.807, 2.05) is 38.4 Å². The number of nitrogens with one attached hydrogen (secondary N) is 2. The largest absolute Gasteiger partial charge is 0.317 e. The first-order valence-electron chi connectivity index (χ1n) is 8.40. The number of thiophene rings is 1. The SMILES string of the molecule is CCC(C)n1nccc1NC(=O)c1sc(NC(=O)C(C)(C)C)cc1C. The summed E-state index contributed by atoms with van der Waals surface area (Å²) in [5.41, 5.74) is 0.352. The number of hydrogen-bond acceptors (Lipinski definition) is 4. The number of carbonyl (C=O) groups is 2. The molecule has 2 heterocycles. The Morgan fingerprint density at radius 2 is 2.00 bits per heavy atom. The standard InChI is InChI=1S/C18H26N4O2S/c1-7-12(3)22-13(8-9-19-22)20-16(23)15-11(2)10-14(25-15)21-17(24)18(4,5)6/h8-10,12H,7H2,1-6H3,(H,20,23)(H,21,24). The van der Waals surface area contributed by atoms with Gasteiger partial charge < -0.3 is 10.6 Å². The third kappa shape index (κ3) is 4.48. The molecular formula is C18H26N4O2S. The maximum absolute atomic E-state index is 12.6. The smallest absolute Gasteiger partial charge is 0.267 e. The van der Waals surface area contributed by atoms with Crippen LogP contribution in [0.25, 0.3) is 0 Å². The number of anilines is 2. The molecule has 6 nitrogen and oxygen atoms in total. The first-order chi connectivity index (χ1) is 11.6. The molecule has 0 saturated heterocycles. The van der Waals surface area contributed by atoms with Gasteiger partial charge in [-0.15, -0.1) is 11.3 Å². The number of carbonyl (C=O) groups excluding carboxylic acids is 2. The van der Waals surface area contributed by atoms with Crippen molar-refractivity contribution in [2.24, 2.45) is 5.41 Å². The Kier molecular flexibility index (Phi) is 5.67. The molecule has 0 fully saturated rings. The van der Waals surface area contributed by atoms with Crippen molar-refractivity contribution >= 4 is 34.0 Å². The van der Waals surface area contributed by atoms with Crippen LogP contribution in [0.15, 0.2) is 18.3 Å². The lowest BCUT2D eigenvalue weighted by Crippen LogP contribution is -2.27. The van der Waals surface area contributed by atoms with Crippen molar-refractivity contribution in [1.82, 2.24) is 9.78 Å². The van der Waals surface area contributed by atoms with Crippen molar-refractivity contribution < 1.29 is 9.59 Å². The van der Waals surface area contributed by atoms with Crippen molar-refractivity contribution in [3.63, 3.8) is 0 Å². The van der Waals surface area contributed by atoms with Crippen LogP contribution in [0.3, 0.4) is 0 Å². The van der Waals surface area contributed by atoms with E-state index in [1.54, 1.807) is 12.3 Å². The molecule has 0 bridgehead atoms. The van der Waals surface area contributed by atoms with Crippen molar-refractivity contribution in [3.8, 4) is 0 Å². The van der Waals surface area contributed by atoms with Gasteiger partial charge in [0.2, 0.25) is 5.91 Å². The van der Waals surface area contributed by atoms with E-state index in [0.717, 1.165) is 12.0 Å². The molecule has 2 rings (SSSR count). The molecule has 2 aromatic heterocycles. The van der Waals surface area contributed by atoms with Crippen LogP contribution in [0.1, 0.15) is 62.3 Å². The van der Waals surface area contributed by atoms with E-state index in [2.05, 4.69) is 29.6 Å². The second-order valence-electron chi connectivity index (χ2n) is 7.20. The van der Waals surface area contributed by atoms with Crippen molar-refractivity contribution in [1.29, 1.82) is 0 Å². The zero-order valence-corrected chi connectivity index (χ0v) is 16.5. The van der Waals surface area contributed by atoms with Gasteiger partial charge in [0, 0.05) is 11.5 Å². The summed E-state index contributed by atoms with van der Waals surface area (Å²) >= 11 is 1.28. The molecule has 25 heavy (non-hydrogen) atoms. The molecule has 2 aromatic rings. The number of nitrogens with zero attached hydrogens (tertiary/aromatic N) is 2. The molecule has 1 unspecified atom stereocenters. The Balaban J connectivity index is 2.16. The van der Waals surface area contributed by atoms with E-state index in [4.69, 9.17) is 0 Å². The highest BCUT2D eigenvalue weighted by Gasteiger charge is 2.23. The normalized spacial score (nSPS) is 12.7. The lowest BCUT2D eigenvalue weighted by Gasteiger charge is -2.16. The molecule has 0 aliphatic carbocycles. The number of hydrogen-bond donors (Lipinski definition) is 2. The molecule has 7 heteroatoms. The third-order valence-corrected chi connectivity index (χ3v) is 5.11. The van der Waals surface area contributed by atoms with E-state index >= 15 is 0 Å². The van der Waals surface area contributed by atoms with Gasteiger partial charge in [0.15, 0.2) is 0 Å². The summed E-state index contributed by atoms with van der Waals surface area (Å²) in [4.78, 5) is 25.3. The number of rotatable bonds is 5. The van der Waals surface area contributed by atoms with Gasteiger partial charge in [-0.2, -0.15) is 5.10 Å². The first kappa shape index (κ1) is 19.2. The average molecular weight is 362 g/mol. The Hall–Kier alpha value is -2.15. The fourth-order valence-corrected chi connectivity index (χ4v) is 3.14. The Morgan fingerprint density at radius 3 is 2.60 bits per heavy atom. The molecule has 2 N–H and O–H groups in total. The topological polar surface area (TPSA) is 76.0 Å². The predicted molar refractivity (Wildman–Crippen MR) is 102 cm³/mol. The molecule has 0 aliphatic heterocycles. The van der Waals surface area contributed by atoms with E-state index in [-0.39, 0.29) is 17.9 Å². The summed E-state index contributed by atoms with van der Waals surface area (Å²) in [7, 11) is 0. The average Bonchev–Trinajstić information content (AvgIpc) is 3.12. The maximum atomic E-state index is 12.6. The van der Waals surface area contributed by atoms with E-state index in [9.17, 15) is 9.59 Å². The summed E-state index contributed by atoms with van der Waals surface area (Å²) < 4.78 is 1.81. The second kappa shape index (κ2) is 7.39. The van der Waals surface area contributed by atoms with Gasteiger partial charge in [-0.1, -0.05) is 27.7 Å². The minimum absolute atomic E-state index is 0.0736. The van der Waals surface area contributed by atoms with Gasteiger partial charge in [-0.3, -0.25) is 9.59 Å². The highest BCUT2D eigenvalue weighted by Crippen LogP contribution is 2.29. The van der Waals surface area contributed by atoms with Crippen LogP contribution in [0.5, 0.6) is 0 Å². The minimum Gasteiger partial charge on any atom is -0.317 e. The van der Waals surface area contributed by atoms with Crippen LogP contribution < -0.4 is 10.6 Å². The monoisotopic (exact) mass is 362 g/mol. The molecule has 0 saturated carbocycles. The van der Waals surface area contributed by atoms with Crippen LogP contribution in [-0.4, -0.2) is 21.6 Å². The molecule has 0 aromatic carbocycles. The Bertz CT molecular complexity index is 770. The van der Waals surface area contributed by atoms with Gasteiger partial charge in [0.25, 0.3) is 5.91 Å². The molecule has 0 aliphatic rings. The van der Waals surface area contributed by atoms with Gasteiger partial charge in [0.05, 0.1) is 22.1 Å². The quantitative estimate of drug-likeness (QED) is 0.824. The second-order valence-corrected chi connectivity index (χ2v) is 8.25. The van der Waals surface area contributed by atoms with E-state index in [1.165, 1.54) is 11.3 Å². The van der Waals surface area contributed by atoms with Gasteiger partial charge >= 0.3 is 0 Å². The van der Waals surface area contributed by atoms with Gasteiger partial charge in [-0.05, 0) is 31.9 Å². The van der Waals surface area contributed by atoms with E-state index < -0.39 is 5.41 Å². The van der Waals surface area contributed by atoms with Crippen molar-refractivity contribution in [2.45, 2.75) is 54.0 Å². The first-order valence-corrected chi connectivity index (χ1v) is 9.22. The fraction of sp³-hybridized carbons (Fsp3) is 0.500. The lowest BCUT2D eigenvalue weighted by molar-refractivity contribution is -0.123. The molecule has 136 valence electrons. The Labute approximate surface area is 152 Å². The number of amides is 2. The zero-order chi connectivity index (χ0) is 18.8. The maximum Gasteiger partial charge on any atom is 0.267 e. The number of aryl methyl sites for hydroxylation is 1. The summed E-state index contributed by atoms with van der Waals surface area (Å²) in [6, 6.07) is 3.82. The van der Waals surface area contributed by atoms with Crippen molar-refractivity contribution in [2.75, 3.05) is 10.6 Å². The fourth-order valence-electron chi connectivity index (χ4n) is 2.18. The third-order valence-electron chi connectivity index (χ3n) is 3.96. The van der Waals surface area contributed by atoms with Gasteiger partial charge in [-0.25, -0.2) is 4.68 Å². The predicted octanol–water partition coefficient (Wildman–Crippen LogP) is 4.46. The van der Waals surface area contributed by atoms with Crippen molar-refractivity contribution in [3.05, 3.63) is 28.8 Å². The summed E-state index contributed by atoms with van der Waals surface area (Å²) in [6.45, 7) is 11.6. The summed E-state index contributed by atoms with van der Waals surface area (Å²) in [5, 5.41) is 10.8. The molecule has 0 radical (unpaired) electrons. The summed E-state index contributed by atoms with van der Waals surface area (Å²) in [5.74, 6) is 0.409.